The number of methoxy groups -OCH3 is 1. The van der Waals surface area contributed by atoms with Crippen LogP contribution in [-0.4, -0.2) is 99.7 Å². The Morgan fingerprint density at radius 3 is 2.45 bits per heavy atom. The van der Waals surface area contributed by atoms with E-state index in [2.05, 4.69) is 20.1 Å². The number of hydrogen-bond acceptors (Lipinski definition) is 5. The molecular weight excluding hydrogens is 509 g/mol. The van der Waals surface area contributed by atoms with Gasteiger partial charge in [0.2, 0.25) is 5.91 Å². The number of amides is 1. The molecule has 0 atom stereocenters. The van der Waals surface area contributed by atoms with E-state index in [1.54, 1.807) is 7.11 Å². The summed E-state index contributed by atoms with van der Waals surface area (Å²) in [5.41, 5.74) is 0. The van der Waals surface area contributed by atoms with Crippen LogP contribution in [0.1, 0.15) is 19.3 Å². The smallest absolute Gasteiger partial charge is 0.236 e. The van der Waals surface area contributed by atoms with Crippen LogP contribution < -0.4 is 14.8 Å². The number of halogens is 1. The lowest BCUT2D eigenvalue weighted by Gasteiger charge is -2.36. The van der Waals surface area contributed by atoms with Gasteiger partial charge in [-0.1, -0.05) is 6.07 Å². The predicted molar refractivity (Wildman–Crippen MR) is 134 cm³/mol. The van der Waals surface area contributed by atoms with Crippen LogP contribution >= 0.6 is 24.0 Å². The zero-order valence-corrected chi connectivity index (χ0v) is 21.0. The van der Waals surface area contributed by atoms with E-state index in [1.165, 1.54) is 0 Å². The number of carbonyl (C=O) groups is 1. The molecule has 0 radical (unpaired) electrons. The molecule has 1 N–H and O–H groups in total. The highest BCUT2D eigenvalue weighted by Crippen LogP contribution is 2.18. The standard InChI is InChI=1S/C22H35N5O3.HI/c1-23-22(24-9-6-16-30-20-8-5-7-19(17-20)29-2)27-14-12-25(13-15-27)18-21(28)26-10-3-4-11-26;/h5,7-8,17H,3-4,6,9-16,18H2,1-2H3,(H,23,24);1H. The lowest BCUT2D eigenvalue weighted by atomic mass is 10.3. The number of likely N-dealkylation sites (tertiary alicyclic amines) is 1. The van der Waals surface area contributed by atoms with Gasteiger partial charge >= 0.3 is 0 Å². The Kier molecular flexibility index (Phi) is 11.2. The molecule has 9 heteroatoms. The Morgan fingerprint density at radius 2 is 1.77 bits per heavy atom. The lowest BCUT2D eigenvalue weighted by molar-refractivity contribution is -0.131. The van der Waals surface area contributed by atoms with E-state index in [9.17, 15) is 4.79 Å². The Hall–Kier alpha value is -1.75. The molecule has 31 heavy (non-hydrogen) atoms. The molecular formula is C22H36IN5O3. The van der Waals surface area contributed by atoms with Gasteiger partial charge in [-0.05, 0) is 31.4 Å². The van der Waals surface area contributed by atoms with Crippen molar-refractivity contribution in [1.29, 1.82) is 0 Å². The summed E-state index contributed by atoms with van der Waals surface area (Å²) in [4.78, 5) is 23.3. The van der Waals surface area contributed by atoms with Gasteiger partial charge in [0, 0.05) is 58.9 Å². The summed E-state index contributed by atoms with van der Waals surface area (Å²) in [6.45, 7) is 7.36. The van der Waals surface area contributed by atoms with Crippen molar-refractivity contribution in [2.75, 3.05) is 73.1 Å². The number of piperazine rings is 1. The highest BCUT2D eigenvalue weighted by molar-refractivity contribution is 14.0. The van der Waals surface area contributed by atoms with Crippen molar-refractivity contribution in [1.82, 2.24) is 20.0 Å². The minimum absolute atomic E-state index is 0. The summed E-state index contributed by atoms with van der Waals surface area (Å²) in [5.74, 6) is 2.81. The molecule has 2 aliphatic rings. The van der Waals surface area contributed by atoms with Crippen molar-refractivity contribution in [2.24, 2.45) is 4.99 Å². The number of carbonyl (C=O) groups excluding carboxylic acids is 1. The van der Waals surface area contributed by atoms with Crippen molar-refractivity contribution in [3.05, 3.63) is 24.3 Å². The minimum atomic E-state index is 0. The topological polar surface area (TPSA) is 69.6 Å². The number of rotatable bonds is 8. The molecule has 2 aliphatic heterocycles. The van der Waals surface area contributed by atoms with Crippen molar-refractivity contribution in [3.8, 4) is 11.5 Å². The number of hydrogen-bond donors (Lipinski definition) is 1. The lowest BCUT2D eigenvalue weighted by Crippen LogP contribution is -2.54. The molecule has 8 nitrogen and oxygen atoms in total. The average molecular weight is 545 g/mol. The molecule has 0 unspecified atom stereocenters. The molecule has 0 bridgehead atoms. The summed E-state index contributed by atoms with van der Waals surface area (Å²) in [6, 6.07) is 7.65. The second-order valence-corrected chi connectivity index (χ2v) is 7.71. The fraction of sp³-hybridized carbons (Fsp3) is 0.636. The highest BCUT2D eigenvalue weighted by Gasteiger charge is 2.24. The van der Waals surface area contributed by atoms with Crippen molar-refractivity contribution < 1.29 is 14.3 Å². The average Bonchev–Trinajstić information content (AvgIpc) is 3.32. The third-order valence-electron chi connectivity index (χ3n) is 5.62. The van der Waals surface area contributed by atoms with E-state index in [0.29, 0.717) is 13.2 Å². The molecule has 3 rings (SSSR count). The number of nitrogens with zero attached hydrogens (tertiary/aromatic N) is 4. The first-order valence-electron chi connectivity index (χ1n) is 10.9. The van der Waals surface area contributed by atoms with E-state index in [0.717, 1.165) is 82.5 Å². The highest BCUT2D eigenvalue weighted by atomic mass is 127. The van der Waals surface area contributed by atoms with E-state index in [4.69, 9.17) is 9.47 Å². The third-order valence-corrected chi connectivity index (χ3v) is 5.62. The summed E-state index contributed by atoms with van der Waals surface area (Å²) in [5, 5.41) is 3.43. The molecule has 0 saturated carbocycles. The van der Waals surface area contributed by atoms with Gasteiger partial charge in [-0.25, -0.2) is 0 Å². The summed E-state index contributed by atoms with van der Waals surface area (Å²) < 4.78 is 11.0. The maximum atomic E-state index is 12.3. The third kappa shape index (κ3) is 8.03. The monoisotopic (exact) mass is 545 g/mol. The van der Waals surface area contributed by atoms with Gasteiger partial charge in [0.25, 0.3) is 0 Å². The first-order valence-corrected chi connectivity index (χ1v) is 10.9. The quantitative estimate of drug-likeness (QED) is 0.233. The molecule has 1 aromatic rings. The first kappa shape index (κ1) is 25.5. The first-order chi connectivity index (χ1) is 14.7. The SMILES string of the molecule is CN=C(NCCCOc1cccc(OC)c1)N1CCN(CC(=O)N2CCCC2)CC1.I. The minimum Gasteiger partial charge on any atom is -0.497 e. The fourth-order valence-corrected chi connectivity index (χ4v) is 3.86. The van der Waals surface area contributed by atoms with Crippen molar-refractivity contribution in [3.63, 3.8) is 0 Å². The number of ether oxygens (including phenoxy) is 2. The second-order valence-electron chi connectivity index (χ2n) is 7.71. The van der Waals surface area contributed by atoms with Crippen LogP contribution in [0, 0.1) is 0 Å². The van der Waals surface area contributed by atoms with E-state index in [1.807, 2.05) is 36.2 Å². The van der Waals surface area contributed by atoms with Gasteiger partial charge in [-0.2, -0.15) is 0 Å². The van der Waals surface area contributed by atoms with Crippen LogP contribution in [0.3, 0.4) is 0 Å². The summed E-state index contributed by atoms with van der Waals surface area (Å²) in [6.07, 6.45) is 3.17. The van der Waals surface area contributed by atoms with E-state index < -0.39 is 0 Å². The molecule has 1 amide bonds. The number of guanidine groups is 1. The summed E-state index contributed by atoms with van der Waals surface area (Å²) >= 11 is 0. The van der Waals surface area contributed by atoms with Gasteiger partial charge in [-0.15, -0.1) is 24.0 Å². The molecule has 0 spiro atoms. The molecule has 0 aliphatic carbocycles. The van der Waals surface area contributed by atoms with E-state index in [-0.39, 0.29) is 29.9 Å². The van der Waals surface area contributed by atoms with Crippen LogP contribution in [0.4, 0.5) is 0 Å². The summed E-state index contributed by atoms with van der Waals surface area (Å²) in [7, 11) is 3.47. The molecule has 1 aromatic carbocycles. The van der Waals surface area contributed by atoms with Gasteiger partial charge < -0.3 is 24.6 Å². The predicted octanol–water partition coefficient (Wildman–Crippen LogP) is 1.90. The van der Waals surface area contributed by atoms with Gasteiger partial charge in [0.05, 0.1) is 20.3 Å². The molecule has 2 saturated heterocycles. The van der Waals surface area contributed by atoms with Gasteiger partial charge in [-0.3, -0.25) is 14.7 Å². The maximum Gasteiger partial charge on any atom is 0.236 e. The Labute approximate surface area is 203 Å². The number of benzene rings is 1. The van der Waals surface area contributed by atoms with Crippen LogP contribution in [0.15, 0.2) is 29.3 Å². The second kappa shape index (κ2) is 13.6. The van der Waals surface area contributed by atoms with Crippen LogP contribution in [0.2, 0.25) is 0 Å². The van der Waals surface area contributed by atoms with Gasteiger partial charge in [0.1, 0.15) is 11.5 Å². The molecule has 2 heterocycles. The molecule has 0 aromatic heterocycles. The fourth-order valence-electron chi connectivity index (χ4n) is 3.86. The normalized spacial score (nSPS) is 17.3. The van der Waals surface area contributed by atoms with Crippen molar-refractivity contribution in [2.45, 2.75) is 19.3 Å². The Balaban J connectivity index is 0.00000341. The van der Waals surface area contributed by atoms with Crippen LogP contribution in [0.25, 0.3) is 0 Å². The number of aliphatic imine (C=N–C) groups is 1. The van der Waals surface area contributed by atoms with E-state index >= 15 is 0 Å². The zero-order valence-electron chi connectivity index (χ0n) is 18.7. The van der Waals surface area contributed by atoms with Gasteiger partial charge in [0.15, 0.2) is 5.96 Å². The number of nitrogens with one attached hydrogen (secondary N) is 1. The molecule has 2 fully saturated rings. The zero-order chi connectivity index (χ0) is 21.2. The Morgan fingerprint density at radius 1 is 1.06 bits per heavy atom. The van der Waals surface area contributed by atoms with Crippen LogP contribution in [-0.2, 0) is 4.79 Å². The molecule has 174 valence electrons. The maximum absolute atomic E-state index is 12.3. The van der Waals surface area contributed by atoms with Crippen molar-refractivity contribution >= 4 is 35.8 Å². The van der Waals surface area contributed by atoms with Crippen LogP contribution in [0.5, 0.6) is 11.5 Å². The Bertz CT molecular complexity index is 704. The largest absolute Gasteiger partial charge is 0.497 e.